The van der Waals surface area contributed by atoms with E-state index in [-0.39, 0.29) is 5.31 Å². The van der Waals surface area contributed by atoms with Crippen molar-refractivity contribution in [3.8, 4) is 0 Å². The van der Waals surface area contributed by atoms with Gasteiger partial charge in [-0.25, -0.2) is 4.98 Å². The maximum atomic E-state index is 4.86. The molecule has 2 heterocycles. The molecule has 0 saturated carbocycles. The smallest absolute Gasteiger partial charge is 0.126 e. The van der Waals surface area contributed by atoms with E-state index in [0.717, 1.165) is 9.86 Å². The lowest BCUT2D eigenvalue weighted by atomic mass is 9.47. The second-order valence-corrected chi connectivity index (χ2v) is 9.68. The maximum Gasteiger partial charge on any atom is 0.126 e. The molecule has 6 heteroatoms. The van der Waals surface area contributed by atoms with Crippen molar-refractivity contribution in [2.24, 2.45) is 20.0 Å². The number of imidazole rings is 1. The molecule has 0 aliphatic heterocycles. The lowest BCUT2D eigenvalue weighted by Gasteiger charge is -2.44. The first-order chi connectivity index (χ1) is 11.3. The van der Waals surface area contributed by atoms with Crippen LogP contribution in [0.15, 0.2) is 41.0 Å². The molecular formula is C18H25BN3S2. The molecule has 3 rings (SSSR count). The standard InChI is InChI=1S/C18H25BN3S2/c1-13(2)18(3,4)19(16-21(5)11-12-22(16)6)24-17-20-14-9-7-8-10-15(14)23-17/h7-13H,1-6H3. The summed E-state index contributed by atoms with van der Waals surface area (Å²) in [6.45, 7) is 9.37. The van der Waals surface area contributed by atoms with Crippen molar-refractivity contribution >= 4 is 44.9 Å². The molecule has 0 N–H and O–H groups in total. The third-order valence-corrected chi connectivity index (χ3v) is 7.84. The van der Waals surface area contributed by atoms with E-state index in [1.807, 2.05) is 11.6 Å². The molecule has 3 aromatic rings. The molecule has 0 bridgehead atoms. The van der Waals surface area contributed by atoms with Crippen molar-refractivity contribution < 1.29 is 4.57 Å². The highest BCUT2D eigenvalue weighted by atomic mass is 32.2. The zero-order chi connectivity index (χ0) is 17.5. The highest BCUT2D eigenvalue weighted by Gasteiger charge is 2.32. The summed E-state index contributed by atoms with van der Waals surface area (Å²) < 4.78 is 6.90. The van der Waals surface area contributed by atoms with Crippen LogP contribution in [0.3, 0.4) is 0 Å². The van der Waals surface area contributed by atoms with Gasteiger partial charge in [0.05, 0.1) is 36.0 Å². The Morgan fingerprint density at radius 3 is 2.58 bits per heavy atom. The van der Waals surface area contributed by atoms with Crippen molar-refractivity contribution in [3.05, 3.63) is 36.7 Å². The van der Waals surface area contributed by atoms with Gasteiger partial charge < -0.3 is 11.6 Å². The Hall–Kier alpha value is -1.27. The van der Waals surface area contributed by atoms with Crippen LogP contribution in [0, 0.1) is 5.92 Å². The number of para-hydroxylation sites is 1. The monoisotopic (exact) mass is 358 g/mol. The van der Waals surface area contributed by atoms with Gasteiger partial charge in [0.2, 0.25) is 0 Å². The molecule has 0 saturated heterocycles. The van der Waals surface area contributed by atoms with Gasteiger partial charge in [-0.3, -0.25) is 9.13 Å². The molecule has 0 atom stereocenters. The van der Waals surface area contributed by atoms with E-state index in [9.17, 15) is 0 Å². The second-order valence-electron chi connectivity index (χ2n) is 7.30. The van der Waals surface area contributed by atoms with Crippen LogP contribution >= 0.6 is 22.9 Å². The van der Waals surface area contributed by atoms with E-state index in [0.29, 0.717) is 11.9 Å². The normalized spacial score (nSPS) is 12.7. The van der Waals surface area contributed by atoms with Crippen molar-refractivity contribution in [3.63, 3.8) is 0 Å². The van der Waals surface area contributed by atoms with Gasteiger partial charge in [-0.1, -0.05) is 45.7 Å². The largest absolute Gasteiger partial charge is 0.333 e. The number of aromatic nitrogens is 3. The quantitative estimate of drug-likeness (QED) is 0.510. The predicted octanol–water partition coefficient (Wildman–Crippen LogP) is 3.89. The molecule has 3 nitrogen and oxygen atoms in total. The zero-order valence-electron chi connectivity index (χ0n) is 15.3. The van der Waals surface area contributed by atoms with Crippen LogP contribution in [0.4, 0.5) is 0 Å². The Balaban J connectivity index is 2.05. The second kappa shape index (κ2) is 6.56. The van der Waals surface area contributed by atoms with E-state index in [4.69, 9.17) is 4.98 Å². The van der Waals surface area contributed by atoms with E-state index in [1.54, 1.807) is 11.3 Å². The lowest BCUT2D eigenvalue weighted by molar-refractivity contribution is -0.653. The van der Waals surface area contributed by atoms with Crippen LogP contribution < -0.4 is 10.3 Å². The molecular weight excluding hydrogens is 333 g/mol. The van der Waals surface area contributed by atoms with Gasteiger partial charge in [0, 0.05) is 0 Å². The predicted molar refractivity (Wildman–Crippen MR) is 106 cm³/mol. The molecule has 0 fully saturated rings. The summed E-state index contributed by atoms with van der Waals surface area (Å²) in [5, 5.41) is 0.145. The molecule has 2 aromatic heterocycles. The highest BCUT2D eigenvalue weighted by molar-refractivity contribution is 8.27. The number of fused-ring (bicyclic) bond motifs is 1. The van der Waals surface area contributed by atoms with Gasteiger partial charge in [-0.05, 0) is 12.1 Å². The maximum absolute atomic E-state index is 4.86. The molecule has 127 valence electrons. The zero-order valence-corrected chi connectivity index (χ0v) is 16.9. The first-order valence-electron chi connectivity index (χ1n) is 8.33. The summed E-state index contributed by atoms with van der Waals surface area (Å²) in [4.78, 5) is 4.86. The van der Waals surface area contributed by atoms with Crippen LogP contribution in [-0.2, 0) is 14.1 Å². The van der Waals surface area contributed by atoms with Gasteiger partial charge in [-0.15, -0.1) is 11.3 Å². The summed E-state index contributed by atoms with van der Waals surface area (Å²) in [7, 11) is 4.27. The van der Waals surface area contributed by atoms with Gasteiger partial charge >= 0.3 is 0 Å². The number of benzene rings is 1. The minimum absolute atomic E-state index is 0.145. The van der Waals surface area contributed by atoms with Crippen LogP contribution in [0.1, 0.15) is 27.7 Å². The summed E-state index contributed by atoms with van der Waals surface area (Å²) in [6.07, 6.45) is 4.27. The van der Waals surface area contributed by atoms with Crippen LogP contribution in [0.25, 0.3) is 10.2 Å². The number of hydrogen-bond donors (Lipinski definition) is 0. The Morgan fingerprint density at radius 1 is 1.29 bits per heavy atom. The van der Waals surface area contributed by atoms with Crippen molar-refractivity contribution in [1.29, 1.82) is 0 Å². The van der Waals surface area contributed by atoms with E-state index >= 15 is 0 Å². The van der Waals surface area contributed by atoms with E-state index in [1.165, 1.54) is 10.4 Å². The fourth-order valence-corrected chi connectivity index (χ4v) is 5.63. The Kier molecular flexibility index (Phi) is 4.80. The molecule has 1 aromatic carbocycles. The number of nitrogens with zero attached hydrogens (tertiary/aromatic N) is 3. The lowest BCUT2D eigenvalue weighted by Crippen LogP contribution is -2.58. The van der Waals surface area contributed by atoms with E-state index < -0.39 is 0 Å². The molecule has 1 radical (unpaired) electrons. The average Bonchev–Trinajstić information content (AvgIpc) is 3.08. The average molecular weight is 358 g/mol. The molecule has 0 amide bonds. The molecule has 0 aliphatic rings. The van der Waals surface area contributed by atoms with E-state index in [2.05, 4.69) is 87.6 Å². The fourth-order valence-electron chi connectivity index (χ4n) is 2.81. The van der Waals surface area contributed by atoms with Gasteiger partial charge in [-0.2, -0.15) is 5.31 Å². The molecule has 24 heavy (non-hydrogen) atoms. The number of thiazole rings is 1. The summed E-state index contributed by atoms with van der Waals surface area (Å²) in [6, 6.07) is 8.40. The van der Waals surface area contributed by atoms with Crippen molar-refractivity contribution in [2.45, 2.75) is 37.3 Å². The highest BCUT2D eigenvalue weighted by Crippen LogP contribution is 2.44. The molecule has 0 aliphatic carbocycles. The number of aryl methyl sites for hydroxylation is 2. The summed E-state index contributed by atoms with van der Waals surface area (Å²) in [5.41, 5.74) is 2.43. The van der Waals surface area contributed by atoms with Gasteiger partial charge in [0.25, 0.3) is 0 Å². The Morgan fingerprint density at radius 2 is 2.00 bits per heavy atom. The summed E-state index contributed by atoms with van der Waals surface area (Å²) in [5.74, 6) is 0.905. The van der Waals surface area contributed by atoms with Crippen molar-refractivity contribution in [2.75, 3.05) is 0 Å². The topological polar surface area (TPSA) is 21.7 Å². The number of rotatable bonds is 5. The number of hydrogen-bond acceptors (Lipinski definition) is 3. The molecule has 0 unspecified atom stereocenters. The SMILES string of the molecule is CC(C)C(C)(C)[B-](Sc1nc2ccccc2s1)c1n(C)cc[n+]1C. The van der Waals surface area contributed by atoms with Crippen molar-refractivity contribution in [1.82, 2.24) is 9.55 Å². The van der Waals surface area contributed by atoms with Gasteiger partial charge in [0.1, 0.15) is 16.7 Å². The Bertz CT molecular complexity index is 798. The fraction of sp³-hybridized carbons (Fsp3) is 0.444. The minimum Gasteiger partial charge on any atom is -0.333 e. The first kappa shape index (κ1) is 17.6. The Labute approximate surface area is 153 Å². The van der Waals surface area contributed by atoms with Crippen LogP contribution in [0.2, 0.25) is 5.31 Å². The summed E-state index contributed by atoms with van der Waals surface area (Å²) >= 11 is 3.70. The third kappa shape index (κ3) is 3.14. The molecule has 0 spiro atoms. The first-order valence-corrected chi connectivity index (χ1v) is 10.0. The third-order valence-electron chi connectivity index (χ3n) is 5.13. The van der Waals surface area contributed by atoms with Crippen LogP contribution in [-0.4, -0.2) is 15.5 Å². The van der Waals surface area contributed by atoms with Gasteiger partial charge in [0.15, 0.2) is 0 Å². The van der Waals surface area contributed by atoms with Crippen LogP contribution in [0.5, 0.6) is 0 Å². The minimum atomic E-state index is 0.145.